The summed E-state index contributed by atoms with van der Waals surface area (Å²) >= 11 is 0. The molecule has 0 fully saturated rings. The van der Waals surface area contributed by atoms with Gasteiger partial charge in [-0.2, -0.15) is 0 Å². The Bertz CT molecular complexity index is 204. The van der Waals surface area contributed by atoms with E-state index in [0.717, 1.165) is 12.8 Å². The maximum absolute atomic E-state index is 11.1. The van der Waals surface area contributed by atoms with Crippen molar-refractivity contribution in [1.82, 2.24) is 5.32 Å². The Morgan fingerprint density at radius 2 is 1.56 bits per heavy atom. The molecular weight excluding hydrogens is 206 g/mol. The molecule has 0 atom stereocenters. The van der Waals surface area contributed by atoms with Gasteiger partial charge in [0.15, 0.2) is 0 Å². The average Bonchev–Trinajstić information content (AvgIpc) is 2.25. The molecule has 0 aliphatic rings. The third-order valence-corrected chi connectivity index (χ3v) is 2.44. The molecule has 16 heavy (non-hydrogen) atoms. The van der Waals surface area contributed by atoms with Crippen LogP contribution in [0.25, 0.3) is 0 Å². The van der Waals surface area contributed by atoms with Crippen molar-refractivity contribution in [3.63, 3.8) is 0 Å². The number of unbranched alkanes of at least 4 members (excludes halogenated alkanes) is 6. The van der Waals surface area contributed by atoms with Crippen LogP contribution in [0.15, 0.2) is 0 Å². The smallest absolute Gasteiger partial charge is 0.322 e. The van der Waals surface area contributed by atoms with Crippen LogP contribution in [-0.4, -0.2) is 23.5 Å². The fraction of sp³-hybridized carbons (Fsp3) is 0.833. The number of carboxylic acids is 1. The second-order valence-corrected chi connectivity index (χ2v) is 4.04. The zero-order chi connectivity index (χ0) is 12.2. The second kappa shape index (κ2) is 10.5. The zero-order valence-electron chi connectivity index (χ0n) is 10.1. The zero-order valence-corrected chi connectivity index (χ0v) is 10.1. The van der Waals surface area contributed by atoms with Gasteiger partial charge in [0.25, 0.3) is 0 Å². The number of carbonyl (C=O) groups excluding carboxylic acids is 1. The van der Waals surface area contributed by atoms with Gasteiger partial charge in [0.1, 0.15) is 6.54 Å². The van der Waals surface area contributed by atoms with Gasteiger partial charge in [0.2, 0.25) is 5.91 Å². The minimum atomic E-state index is -0.993. The summed E-state index contributed by atoms with van der Waals surface area (Å²) in [5, 5.41) is 10.7. The van der Waals surface area contributed by atoms with E-state index in [-0.39, 0.29) is 12.5 Å². The highest BCUT2D eigenvalue weighted by Crippen LogP contribution is 2.08. The van der Waals surface area contributed by atoms with Gasteiger partial charge in [-0.15, -0.1) is 0 Å². The van der Waals surface area contributed by atoms with E-state index >= 15 is 0 Å². The summed E-state index contributed by atoms with van der Waals surface area (Å²) in [5.41, 5.74) is 0. The Morgan fingerprint density at radius 1 is 1.00 bits per heavy atom. The van der Waals surface area contributed by atoms with Gasteiger partial charge in [-0.25, -0.2) is 0 Å². The van der Waals surface area contributed by atoms with Crippen molar-refractivity contribution >= 4 is 11.9 Å². The van der Waals surface area contributed by atoms with Crippen molar-refractivity contribution in [2.45, 2.75) is 58.3 Å². The van der Waals surface area contributed by atoms with Gasteiger partial charge in [-0.05, 0) is 6.42 Å². The van der Waals surface area contributed by atoms with Crippen LogP contribution in [0.3, 0.4) is 0 Å². The Labute approximate surface area is 97.4 Å². The largest absolute Gasteiger partial charge is 0.480 e. The number of aliphatic carboxylic acids is 1. The number of carboxylic acid groups (broad SMARTS) is 1. The number of rotatable bonds is 10. The van der Waals surface area contributed by atoms with Crippen LogP contribution in [0.5, 0.6) is 0 Å². The van der Waals surface area contributed by atoms with Gasteiger partial charge in [0.05, 0.1) is 0 Å². The molecule has 0 heterocycles. The molecule has 0 spiro atoms. The lowest BCUT2D eigenvalue weighted by Gasteiger charge is -2.02. The normalized spacial score (nSPS) is 10.1. The lowest BCUT2D eigenvalue weighted by molar-refractivity contribution is -0.137. The molecular formula is C12H23NO3. The topological polar surface area (TPSA) is 66.4 Å². The van der Waals surface area contributed by atoms with Crippen LogP contribution in [-0.2, 0) is 9.59 Å². The fourth-order valence-corrected chi connectivity index (χ4v) is 1.51. The average molecular weight is 229 g/mol. The van der Waals surface area contributed by atoms with Crippen LogP contribution < -0.4 is 5.32 Å². The molecule has 0 saturated heterocycles. The summed E-state index contributed by atoms with van der Waals surface area (Å²) in [4.78, 5) is 21.3. The first-order valence-corrected chi connectivity index (χ1v) is 6.15. The van der Waals surface area contributed by atoms with E-state index in [4.69, 9.17) is 5.11 Å². The van der Waals surface area contributed by atoms with Crippen LogP contribution in [0, 0.1) is 0 Å². The number of hydrogen-bond donors (Lipinski definition) is 2. The summed E-state index contributed by atoms with van der Waals surface area (Å²) in [6.07, 6.45) is 8.60. The van der Waals surface area contributed by atoms with Crippen molar-refractivity contribution < 1.29 is 14.7 Å². The van der Waals surface area contributed by atoms with Crippen LogP contribution in [0.4, 0.5) is 0 Å². The first-order chi connectivity index (χ1) is 7.66. The highest BCUT2D eigenvalue weighted by molar-refractivity contribution is 5.80. The van der Waals surface area contributed by atoms with Crippen molar-refractivity contribution in [1.29, 1.82) is 0 Å². The molecule has 0 aromatic heterocycles. The highest BCUT2D eigenvalue weighted by Gasteiger charge is 2.02. The van der Waals surface area contributed by atoms with Crippen LogP contribution >= 0.6 is 0 Å². The minimum Gasteiger partial charge on any atom is -0.480 e. The highest BCUT2D eigenvalue weighted by atomic mass is 16.4. The molecule has 0 aliphatic heterocycles. The number of hydrogen-bond acceptors (Lipinski definition) is 2. The molecule has 0 saturated carbocycles. The number of nitrogens with one attached hydrogen (secondary N) is 1. The van der Waals surface area contributed by atoms with Gasteiger partial charge in [-0.3, -0.25) is 9.59 Å². The summed E-state index contributed by atoms with van der Waals surface area (Å²) in [6, 6.07) is 0. The predicted octanol–water partition coefficient (Wildman–Crippen LogP) is 2.33. The monoisotopic (exact) mass is 229 g/mol. The molecule has 2 N–H and O–H groups in total. The number of carbonyl (C=O) groups is 2. The van der Waals surface area contributed by atoms with E-state index in [2.05, 4.69) is 12.2 Å². The van der Waals surface area contributed by atoms with Gasteiger partial charge >= 0.3 is 5.97 Å². The minimum absolute atomic E-state index is 0.157. The second-order valence-electron chi connectivity index (χ2n) is 4.04. The van der Waals surface area contributed by atoms with Gasteiger partial charge in [0, 0.05) is 6.42 Å². The Morgan fingerprint density at radius 3 is 2.12 bits per heavy atom. The maximum atomic E-state index is 11.1. The molecule has 1 amide bonds. The van der Waals surface area contributed by atoms with Crippen molar-refractivity contribution in [3.05, 3.63) is 0 Å². The van der Waals surface area contributed by atoms with Crippen molar-refractivity contribution in [3.8, 4) is 0 Å². The molecule has 0 aromatic carbocycles. The van der Waals surface area contributed by atoms with Crippen LogP contribution in [0.2, 0.25) is 0 Å². The standard InChI is InChI=1S/C12H23NO3/c1-2-3-4-5-6-7-8-9-11(14)13-10-12(15)16/h2-10H2,1H3,(H,13,14)(H,15,16). The SMILES string of the molecule is CCCCCCCCCC(=O)NCC(=O)O. The molecule has 0 bridgehead atoms. The van der Waals surface area contributed by atoms with Crippen molar-refractivity contribution in [2.75, 3.05) is 6.54 Å². The molecule has 0 aromatic rings. The Hall–Kier alpha value is -1.06. The lowest BCUT2D eigenvalue weighted by Crippen LogP contribution is -2.28. The third kappa shape index (κ3) is 11.0. The van der Waals surface area contributed by atoms with Crippen LogP contribution in [0.1, 0.15) is 58.3 Å². The van der Waals surface area contributed by atoms with E-state index < -0.39 is 5.97 Å². The van der Waals surface area contributed by atoms with Crippen molar-refractivity contribution in [2.24, 2.45) is 0 Å². The third-order valence-electron chi connectivity index (χ3n) is 2.44. The summed E-state index contributed by atoms with van der Waals surface area (Å²) < 4.78 is 0. The molecule has 0 aliphatic carbocycles. The quantitative estimate of drug-likeness (QED) is 0.565. The Kier molecular flexibility index (Phi) is 9.76. The first kappa shape index (κ1) is 14.9. The predicted molar refractivity (Wildman–Crippen MR) is 63.3 cm³/mol. The molecule has 0 unspecified atom stereocenters. The van der Waals surface area contributed by atoms with E-state index in [1.54, 1.807) is 0 Å². The van der Waals surface area contributed by atoms with E-state index in [1.807, 2.05) is 0 Å². The number of amides is 1. The maximum Gasteiger partial charge on any atom is 0.322 e. The summed E-state index contributed by atoms with van der Waals surface area (Å²) in [6.45, 7) is 1.92. The van der Waals surface area contributed by atoms with Gasteiger partial charge < -0.3 is 10.4 Å². The molecule has 4 nitrogen and oxygen atoms in total. The Balaban J connectivity index is 3.18. The van der Waals surface area contributed by atoms with E-state index in [1.165, 1.54) is 32.1 Å². The summed E-state index contributed by atoms with van der Waals surface area (Å²) in [5.74, 6) is -1.15. The summed E-state index contributed by atoms with van der Waals surface area (Å²) in [7, 11) is 0. The first-order valence-electron chi connectivity index (χ1n) is 6.15. The molecule has 4 heteroatoms. The van der Waals surface area contributed by atoms with E-state index in [0.29, 0.717) is 6.42 Å². The van der Waals surface area contributed by atoms with E-state index in [9.17, 15) is 9.59 Å². The van der Waals surface area contributed by atoms with Gasteiger partial charge in [-0.1, -0.05) is 45.4 Å². The molecule has 0 rings (SSSR count). The molecule has 0 radical (unpaired) electrons. The molecule has 94 valence electrons. The fourth-order valence-electron chi connectivity index (χ4n) is 1.51. The lowest BCUT2D eigenvalue weighted by atomic mass is 10.1.